The molecule has 0 saturated heterocycles. The number of hydrogen-bond acceptors (Lipinski definition) is 5. The number of methoxy groups -OCH3 is 1. The van der Waals surface area contributed by atoms with Crippen LogP contribution in [0, 0.1) is 0 Å². The number of carboxylic acids is 1. The van der Waals surface area contributed by atoms with Gasteiger partial charge < -0.3 is 14.4 Å². The van der Waals surface area contributed by atoms with E-state index < -0.39 is 17.6 Å². The number of carbonyl (C=O) groups excluding carboxylic acids is 2. The van der Waals surface area contributed by atoms with Crippen molar-refractivity contribution in [2.45, 2.75) is 25.8 Å². The number of carboxylic acid groups (broad SMARTS) is 1. The summed E-state index contributed by atoms with van der Waals surface area (Å²) in [5, 5.41) is 9.56. The van der Waals surface area contributed by atoms with Gasteiger partial charge in [0.2, 0.25) is 0 Å². The number of benzene rings is 3. The van der Waals surface area contributed by atoms with E-state index in [4.69, 9.17) is 21.4 Å². The van der Waals surface area contributed by atoms with Crippen molar-refractivity contribution >= 4 is 29.1 Å². The standard InChI is InChI=1S/C31H26ClNO6/c1-19(34)24-13-12-23(32)16-25(24)26-17-30(36)33(18-29(26)39-2)27(14-20-6-4-3-5-7-20)28(35)15-21-8-10-22(11-9-21)31(37)38/h3-13,16-18,27H,14-15H2,1-2H3,(H,37,38)/t27-/m1/s1. The molecule has 1 atom stereocenters. The Hall–Kier alpha value is -4.49. The zero-order valence-corrected chi connectivity index (χ0v) is 22.1. The smallest absolute Gasteiger partial charge is 0.335 e. The summed E-state index contributed by atoms with van der Waals surface area (Å²) >= 11 is 6.21. The SMILES string of the molecule is COc1cn([C@H](Cc2ccccc2)C(=O)Cc2ccc(C(=O)O)cc2)c(=O)cc1-c1cc(Cl)ccc1C(C)=O. The Morgan fingerprint density at radius 2 is 1.62 bits per heavy atom. The van der Waals surface area contributed by atoms with Gasteiger partial charge in [0, 0.05) is 35.1 Å². The van der Waals surface area contributed by atoms with Gasteiger partial charge in [-0.2, -0.15) is 0 Å². The van der Waals surface area contributed by atoms with E-state index in [2.05, 4.69) is 0 Å². The Balaban J connectivity index is 1.79. The quantitative estimate of drug-likeness (QED) is 0.258. The Morgan fingerprint density at radius 3 is 2.23 bits per heavy atom. The first-order valence-corrected chi connectivity index (χ1v) is 12.6. The molecular weight excluding hydrogens is 518 g/mol. The molecule has 1 N–H and O–H groups in total. The van der Waals surface area contributed by atoms with Crippen LogP contribution >= 0.6 is 11.6 Å². The second kappa shape index (κ2) is 11.9. The first-order chi connectivity index (χ1) is 18.7. The molecule has 1 heterocycles. The number of rotatable bonds is 10. The summed E-state index contributed by atoms with van der Waals surface area (Å²) < 4.78 is 6.97. The van der Waals surface area contributed by atoms with Crippen LogP contribution in [0.15, 0.2) is 89.9 Å². The minimum Gasteiger partial charge on any atom is -0.495 e. The molecule has 0 saturated carbocycles. The molecule has 0 fully saturated rings. The molecule has 39 heavy (non-hydrogen) atoms. The molecule has 0 unspecified atom stereocenters. The van der Waals surface area contributed by atoms with Crippen LogP contribution in [0.4, 0.5) is 0 Å². The molecule has 7 nitrogen and oxygen atoms in total. The van der Waals surface area contributed by atoms with Crippen LogP contribution in [0.1, 0.15) is 44.8 Å². The molecule has 0 radical (unpaired) electrons. The molecular formula is C31H26ClNO6. The van der Waals surface area contributed by atoms with Gasteiger partial charge in [0.05, 0.1) is 24.9 Å². The van der Waals surface area contributed by atoms with Crippen molar-refractivity contribution in [2.75, 3.05) is 7.11 Å². The zero-order chi connectivity index (χ0) is 28.1. The van der Waals surface area contributed by atoms with E-state index in [9.17, 15) is 19.2 Å². The number of hydrogen-bond donors (Lipinski definition) is 1. The van der Waals surface area contributed by atoms with E-state index in [1.165, 1.54) is 43.0 Å². The normalized spacial score (nSPS) is 11.6. The van der Waals surface area contributed by atoms with Crippen molar-refractivity contribution in [3.63, 3.8) is 0 Å². The number of halogens is 1. The number of nitrogens with zero attached hydrogens (tertiary/aromatic N) is 1. The molecule has 198 valence electrons. The van der Waals surface area contributed by atoms with Crippen LogP contribution in [-0.4, -0.2) is 34.3 Å². The third-order valence-corrected chi connectivity index (χ3v) is 6.71. The average molecular weight is 544 g/mol. The van der Waals surface area contributed by atoms with Gasteiger partial charge in [-0.1, -0.05) is 54.1 Å². The van der Waals surface area contributed by atoms with Crippen LogP contribution < -0.4 is 10.3 Å². The maximum atomic E-state index is 13.7. The lowest BCUT2D eigenvalue weighted by Gasteiger charge is -2.21. The lowest BCUT2D eigenvalue weighted by molar-refractivity contribution is -0.121. The summed E-state index contributed by atoms with van der Waals surface area (Å²) in [6, 6.07) is 20.7. The lowest BCUT2D eigenvalue weighted by Crippen LogP contribution is -2.32. The molecule has 0 aliphatic heterocycles. The van der Waals surface area contributed by atoms with E-state index >= 15 is 0 Å². The van der Waals surface area contributed by atoms with Gasteiger partial charge in [0.15, 0.2) is 11.6 Å². The predicted molar refractivity (Wildman–Crippen MR) is 149 cm³/mol. The molecule has 0 aliphatic rings. The molecule has 3 aromatic carbocycles. The van der Waals surface area contributed by atoms with E-state index in [1.807, 2.05) is 30.3 Å². The van der Waals surface area contributed by atoms with Gasteiger partial charge in [0.1, 0.15) is 5.75 Å². The van der Waals surface area contributed by atoms with Crippen LogP contribution in [0.3, 0.4) is 0 Å². The summed E-state index contributed by atoms with van der Waals surface area (Å²) in [5.41, 5.74) is 2.40. The molecule has 0 aliphatic carbocycles. The Labute approximate surface area is 230 Å². The maximum absolute atomic E-state index is 13.7. The maximum Gasteiger partial charge on any atom is 0.335 e. The second-order valence-electron chi connectivity index (χ2n) is 9.10. The molecule has 0 spiro atoms. The van der Waals surface area contributed by atoms with E-state index in [-0.39, 0.29) is 30.0 Å². The van der Waals surface area contributed by atoms with Crippen molar-refractivity contribution in [3.8, 4) is 16.9 Å². The minimum atomic E-state index is -1.05. The van der Waals surface area contributed by atoms with Crippen molar-refractivity contribution in [1.29, 1.82) is 0 Å². The molecule has 1 aromatic heterocycles. The predicted octanol–water partition coefficient (Wildman–Crippen LogP) is 5.67. The Bertz CT molecular complexity index is 1590. The number of pyridine rings is 1. The highest BCUT2D eigenvalue weighted by molar-refractivity contribution is 6.31. The summed E-state index contributed by atoms with van der Waals surface area (Å²) in [6.07, 6.45) is 1.74. The number of ketones is 2. The number of carbonyl (C=O) groups is 3. The van der Waals surface area contributed by atoms with Gasteiger partial charge in [-0.05, 0) is 53.9 Å². The lowest BCUT2D eigenvalue weighted by atomic mass is 9.95. The third-order valence-electron chi connectivity index (χ3n) is 6.47. The fourth-order valence-corrected chi connectivity index (χ4v) is 4.65. The second-order valence-corrected chi connectivity index (χ2v) is 9.53. The fourth-order valence-electron chi connectivity index (χ4n) is 4.48. The molecule has 0 bridgehead atoms. The topological polar surface area (TPSA) is 103 Å². The first-order valence-electron chi connectivity index (χ1n) is 12.2. The summed E-state index contributed by atoms with van der Waals surface area (Å²) in [6.45, 7) is 1.43. The minimum absolute atomic E-state index is 0.00329. The number of ether oxygens (including phenoxy) is 1. The average Bonchev–Trinajstić information content (AvgIpc) is 2.92. The summed E-state index contributed by atoms with van der Waals surface area (Å²) in [5.74, 6) is -1.18. The Morgan fingerprint density at radius 1 is 0.923 bits per heavy atom. The third kappa shape index (κ3) is 6.33. The molecule has 4 aromatic rings. The van der Waals surface area contributed by atoms with E-state index in [1.54, 1.807) is 30.3 Å². The largest absolute Gasteiger partial charge is 0.495 e. The number of aromatic nitrogens is 1. The highest BCUT2D eigenvalue weighted by Gasteiger charge is 2.25. The molecule has 8 heteroatoms. The van der Waals surface area contributed by atoms with Crippen LogP contribution in [0.5, 0.6) is 5.75 Å². The highest BCUT2D eigenvalue weighted by atomic mass is 35.5. The van der Waals surface area contributed by atoms with Crippen molar-refractivity contribution in [1.82, 2.24) is 4.57 Å². The van der Waals surface area contributed by atoms with Crippen molar-refractivity contribution in [2.24, 2.45) is 0 Å². The first kappa shape index (κ1) is 27.5. The number of aromatic carboxylic acids is 1. The summed E-state index contributed by atoms with van der Waals surface area (Å²) in [7, 11) is 1.45. The van der Waals surface area contributed by atoms with E-state index in [0.29, 0.717) is 33.0 Å². The van der Waals surface area contributed by atoms with E-state index in [0.717, 1.165) is 5.56 Å². The van der Waals surface area contributed by atoms with Crippen LogP contribution in [-0.2, 0) is 17.6 Å². The van der Waals surface area contributed by atoms with Crippen LogP contribution in [0.25, 0.3) is 11.1 Å². The van der Waals surface area contributed by atoms with Gasteiger partial charge in [0.25, 0.3) is 5.56 Å². The fraction of sp³-hybridized carbons (Fsp3) is 0.161. The molecule has 0 amide bonds. The highest BCUT2D eigenvalue weighted by Crippen LogP contribution is 2.34. The van der Waals surface area contributed by atoms with Crippen molar-refractivity contribution < 1.29 is 24.2 Å². The van der Waals surface area contributed by atoms with Crippen LogP contribution in [0.2, 0.25) is 5.02 Å². The van der Waals surface area contributed by atoms with Crippen molar-refractivity contribution in [3.05, 3.63) is 123 Å². The zero-order valence-electron chi connectivity index (χ0n) is 21.4. The molecule has 4 rings (SSSR count). The van der Waals surface area contributed by atoms with Gasteiger partial charge >= 0.3 is 5.97 Å². The van der Waals surface area contributed by atoms with Gasteiger partial charge in [-0.15, -0.1) is 0 Å². The van der Waals surface area contributed by atoms with Gasteiger partial charge in [-0.25, -0.2) is 4.79 Å². The number of Topliss-reactive ketones (excluding diaryl/α,β-unsaturated/α-hetero) is 2. The monoisotopic (exact) mass is 543 g/mol. The Kier molecular flexibility index (Phi) is 8.42. The van der Waals surface area contributed by atoms with Gasteiger partial charge in [-0.3, -0.25) is 14.4 Å². The summed E-state index contributed by atoms with van der Waals surface area (Å²) in [4.78, 5) is 50.7.